The first-order valence-electron chi connectivity index (χ1n) is 4.58. The highest BCUT2D eigenvalue weighted by molar-refractivity contribution is 7.98. The lowest BCUT2D eigenvalue weighted by atomic mass is 10.2. The van der Waals surface area contributed by atoms with E-state index in [1.54, 1.807) is 24.9 Å². The Labute approximate surface area is 92.7 Å². The van der Waals surface area contributed by atoms with Crippen LogP contribution in [-0.4, -0.2) is 21.1 Å². The van der Waals surface area contributed by atoms with Crippen LogP contribution in [0.2, 0.25) is 0 Å². The van der Waals surface area contributed by atoms with Crippen molar-refractivity contribution in [3.05, 3.63) is 30.3 Å². The number of rotatable bonds is 2. The Morgan fingerprint density at radius 3 is 2.73 bits per heavy atom. The van der Waals surface area contributed by atoms with Gasteiger partial charge in [-0.2, -0.15) is 5.10 Å². The van der Waals surface area contributed by atoms with Crippen LogP contribution in [0, 0.1) is 0 Å². The second-order valence-electron chi connectivity index (χ2n) is 3.24. The summed E-state index contributed by atoms with van der Waals surface area (Å²) in [6.07, 6.45) is 2.04. The molecule has 2 aromatic rings. The molecule has 0 saturated heterocycles. The largest absolute Gasteiger partial charge is 0.493 e. The van der Waals surface area contributed by atoms with Gasteiger partial charge in [-0.15, -0.1) is 11.8 Å². The fourth-order valence-electron chi connectivity index (χ4n) is 1.38. The molecule has 15 heavy (non-hydrogen) atoms. The topological polar surface area (TPSA) is 38.0 Å². The SMILES string of the molecule is CSc1cccc(-c2cc(O)n(C)n2)c1. The zero-order chi connectivity index (χ0) is 10.8. The van der Waals surface area contributed by atoms with Gasteiger partial charge in [-0.05, 0) is 18.4 Å². The van der Waals surface area contributed by atoms with Gasteiger partial charge in [0.25, 0.3) is 0 Å². The predicted molar refractivity (Wildman–Crippen MR) is 62.1 cm³/mol. The summed E-state index contributed by atoms with van der Waals surface area (Å²) >= 11 is 1.69. The Balaban J connectivity index is 2.44. The standard InChI is InChI=1S/C11H12N2OS/c1-13-11(14)7-10(12-13)8-4-3-5-9(6-8)15-2/h3-7,14H,1-2H3. The second-order valence-corrected chi connectivity index (χ2v) is 4.12. The van der Waals surface area contributed by atoms with Crippen molar-refractivity contribution >= 4 is 11.8 Å². The molecule has 0 unspecified atom stereocenters. The van der Waals surface area contributed by atoms with Crippen molar-refractivity contribution in [2.45, 2.75) is 4.90 Å². The van der Waals surface area contributed by atoms with Gasteiger partial charge < -0.3 is 5.11 Å². The summed E-state index contributed by atoms with van der Waals surface area (Å²) in [5.41, 5.74) is 1.82. The van der Waals surface area contributed by atoms with Gasteiger partial charge in [0, 0.05) is 23.6 Å². The summed E-state index contributed by atoms with van der Waals surface area (Å²) in [7, 11) is 1.72. The Kier molecular flexibility index (Phi) is 2.68. The number of hydrogen-bond donors (Lipinski definition) is 1. The molecule has 1 aromatic carbocycles. The minimum atomic E-state index is 0.180. The van der Waals surface area contributed by atoms with Crippen molar-refractivity contribution in [3.8, 4) is 17.1 Å². The van der Waals surface area contributed by atoms with Gasteiger partial charge in [-0.3, -0.25) is 0 Å². The van der Waals surface area contributed by atoms with Crippen molar-refractivity contribution in [3.63, 3.8) is 0 Å². The molecule has 0 amide bonds. The maximum absolute atomic E-state index is 9.42. The van der Waals surface area contributed by atoms with Gasteiger partial charge >= 0.3 is 0 Å². The molecule has 1 aromatic heterocycles. The quantitative estimate of drug-likeness (QED) is 0.790. The molecule has 0 spiro atoms. The van der Waals surface area contributed by atoms with Crippen LogP contribution in [0.4, 0.5) is 0 Å². The number of thioether (sulfide) groups is 1. The normalized spacial score (nSPS) is 10.5. The van der Waals surface area contributed by atoms with E-state index in [-0.39, 0.29) is 5.88 Å². The van der Waals surface area contributed by atoms with Crippen LogP contribution in [0.1, 0.15) is 0 Å². The van der Waals surface area contributed by atoms with Gasteiger partial charge in [0.05, 0.1) is 5.69 Å². The zero-order valence-electron chi connectivity index (χ0n) is 8.64. The van der Waals surface area contributed by atoms with Crippen molar-refractivity contribution in [1.82, 2.24) is 9.78 Å². The number of nitrogens with zero attached hydrogens (tertiary/aromatic N) is 2. The number of aryl methyl sites for hydroxylation is 1. The summed E-state index contributed by atoms with van der Waals surface area (Å²) in [6.45, 7) is 0. The van der Waals surface area contributed by atoms with Gasteiger partial charge in [-0.1, -0.05) is 12.1 Å². The molecular weight excluding hydrogens is 208 g/mol. The van der Waals surface area contributed by atoms with Gasteiger partial charge in [0.2, 0.25) is 5.88 Å². The van der Waals surface area contributed by atoms with Gasteiger partial charge in [0.15, 0.2) is 0 Å². The van der Waals surface area contributed by atoms with E-state index in [9.17, 15) is 5.11 Å². The number of benzene rings is 1. The van der Waals surface area contributed by atoms with E-state index >= 15 is 0 Å². The lowest BCUT2D eigenvalue weighted by Gasteiger charge is -1.99. The lowest BCUT2D eigenvalue weighted by Crippen LogP contribution is -1.89. The minimum absolute atomic E-state index is 0.180. The molecular formula is C11H12N2OS. The van der Waals surface area contributed by atoms with E-state index in [0.717, 1.165) is 11.3 Å². The Hall–Kier alpha value is -1.42. The van der Waals surface area contributed by atoms with E-state index in [1.807, 2.05) is 18.4 Å². The lowest BCUT2D eigenvalue weighted by molar-refractivity contribution is 0.419. The smallest absolute Gasteiger partial charge is 0.209 e. The fraction of sp³-hybridized carbons (Fsp3) is 0.182. The average Bonchev–Trinajstić information content (AvgIpc) is 2.59. The van der Waals surface area contributed by atoms with Crippen LogP contribution in [0.25, 0.3) is 11.3 Å². The van der Waals surface area contributed by atoms with Crippen LogP contribution < -0.4 is 0 Å². The highest BCUT2D eigenvalue weighted by atomic mass is 32.2. The van der Waals surface area contributed by atoms with E-state index in [0.29, 0.717) is 0 Å². The first kappa shape index (κ1) is 10.1. The van der Waals surface area contributed by atoms with E-state index in [2.05, 4.69) is 17.2 Å². The molecule has 0 saturated carbocycles. The molecule has 1 heterocycles. The Morgan fingerprint density at radius 2 is 2.13 bits per heavy atom. The molecule has 0 aliphatic rings. The molecule has 3 nitrogen and oxygen atoms in total. The molecule has 0 fully saturated rings. The van der Waals surface area contributed by atoms with E-state index < -0.39 is 0 Å². The highest BCUT2D eigenvalue weighted by Gasteiger charge is 2.05. The van der Waals surface area contributed by atoms with Crippen LogP contribution in [-0.2, 0) is 7.05 Å². The highest BCUT2D eigenvalue weighted by Crippen LogP contribution is 2.25. The third kappa shape index (κ3) is 1.99. The first-order chi connectivity index (χ1) is 7.20. The summed E-state index contributed by atoms with van der Waals surface area (Å²) in [4.78, 5) is 1.19. The Bertz CT molecular complexity index is 460. The number of aromatic nitrogens is 2. The third-order valence-electron chi connectivity index (χ3n) is 2.22. The second kappa shape index (κ2) is 3.98. The third-order valence-corrected chi connectivity index (χ3v) is 2.95. The first-order valence-corrected chi connectivity index (χ1v) is 5.80. The summed E-state index contributed by atoms with van der Waals surface area (Å²) in [6, 6.07) is 9.76. The van der Waals surface area contributed by atoms with Gasteiger partial charge in [-0.25, -0.2) is 4.68 Å². The molecule has 2 rings (SSSR count). The molecule has 0 radical (unpaired) electrons. The summed E-state index contributed by atoms with van der Waals surface area (Å²) in [5, 5.41) is 13.6. The maximum Gasteiger partial charge on any atom is 0.209 e. The molecule has 0 atom stereocenters. The summed E-state index contributed by atoms with van der Waals surface area (Å²) < 4.78 is 1.46. The zero-order valence-corrected chi connectivity index (χ0v) is 9.45. The van der Waals surface area contributed by atoms with Crippen LogP contribution in [0.5, 0.6) is 5.88 Å². The number of hydrogen-bond acceptors (Lipinski definition) is 3. The molecule has 0 aliphatic carbocycles. The van der Waals surface area contributed by atoms with E-state index in [4.69, 9.17) is 0 Å². The molecule has 4 heteroatoms. The Morgan fingerprint density at radius 1 is 1.33 bits per heavy atom. The van der Waals surface area contributed by atoms with Crippen LogP contribution >= 0.6 is 11.8 Å². The molecule has 1 N–H and O–H groups in total. The van der Waals surface area contributed by atoms with Gasteiger partial charge in [0.1, 0.15) is 0 Å². The summed E-state index contributed by atoms with van der Waals surface area (Å²) in [5.74, 6) is 0.180. The molecule has 78 valence electrons. The van der Waals surface area contributed by atoms with Crippen molar-refractivity contribution < 1.29 is 5.11 Å². The predicted octanol–water partition coefficient (Wildman–Crippen LogP) is 2.51. The average molecular weight is 220 g/mol. The van der Waals surface area contributed by atoms with Crippen LogP contribution in [0.15, 0.2) is 35.2 Å². The number of aromatic hydroxyl groups is 1. The molecule has 0 aliphatic heterocycles. The van der Waals surface area contributed by atoms with E-state index in [1.165, 1.54) is 9.58 Å². The van der Waals surface area contributed by atoms with Crippen molar-refractivity contribution in [1.29, 1.82) is 0 Å². The molecule has 0 bridgehead atoms. The van der Waals surface area contributed by atoms with Crippen molar-refractivity contribution in [2.75, 3.05) is 6.26 Å². The van der Waals surface area contributed by atoms with Crippen molar-refractivity contribution in [2.24, 2.45) is 7.05 Å². The fourth-order valence-corrected chi connectivity index (χ4v) is 1.84. The maximum atomic E-state index is 9.42. The van der Waals surface area contributed by atoms with Crippen LogP contribution in [0.3, 0.4) is 0 Å². The monoisotopic (exact) mass is 220 g/mol. The minimum Gasteiger partial charge on any atom is -0.493 e.